The number of rotatable bonds is 1. The van der Waals surface area contributed by atoms with Gasteiger partial charge in [-0.1, -0.05) is 0 Å². The van der Waals surface area contributed by atoms with E-state index in [1.54, 1.807) is 0 Å². The Morgan fingerprint density at radius 3 is 2.28 bits per heavy atom. The van der Waals surface area contributed by atoms with Crippen molar-refractivity contribution < 1.29 is 23.2 Å². The lowest BCUT2D eigenvalue weighted by atomic mass is 10.1. The smallest absolute Gasteiger partial charge is 0.254 e. The minimum atomic E-state index is -1.16. The lowest BCUT2D eigenvalue weighted by Gasteiger charge is -2.25. The number of imide groups is 1. The van der Waals surface area contributed by atoms with Gasteiger partial charge in [0.1, 0.15) is 13.1 Å². The van der Waals surface area contributed by atoms with E-state index in [1.165, 1.54) is 0 Å². The number of nitrogens with zero attached hydrogens (tertiary/aromatic N) is 1. The minimum Gasteiger partial charge on any atom is -0.320 e. The van der Waals surface area contributed by atoms with Crippen LogP contribution in [0.5, 0.6) is 0 Å². The highest BCUT2D eigenvalue weighted by Crippen LogP contribution is 2.11. The summed E-state index contributed by atoms with van der Waals surface area (Å²) in [6, 6.07) is 2.64. The first-order valence-corrected chi connectivity index (χ1v) is 5.04. The quantitative estimate of drug-likeness (QED) is 0.721. The number of hydrogen-bond acceptors (Lipinski definition) is 3. The summed E-state index contributed by atoms with van der Waals surface area (Å²) in [6.07, 6.45) is 0. The highest BCUT2D eigenvalue weighted by molar-refractivity contribution is 6.05. The molecule has 18 heavy (non-hydrogen) atoms. The van der Waals surface area contributed by atoms with Crippen LogP contribution in [0.15, 0.2) is 18.2 Å². The summed E-state index contributed by atoms with van der Waals surface area (Å²) in [4.78, 5) is 35.0. The molecule has 0 unspecified atom stereocenters. The summed E-state index contributed by atoms with van der Waals surface area (Å²) in [7, 11) is 0. The van der Waals surface area contributed by atoms with Crippen LogP contribution in [0.1, 0.15) is 10.4 Å². The molecule has 0 aliphatic carbocycles. The van der Waals surface area contributed by atoms with Crippen molar-refractivity contribution in [3.05, 3.63) is 35.4 Å². The van der Waals surface area contributed by atoms with E-state index in [1.807, 2.05) is 5.32 Å². The third-order valence-corrected chi connectivity index (χ3v) is 2.40. The third-order valence-electron chi connectivity index (χ3n) is 2.40. The molecular weight excluding hydrogens is 246 g/mol. The summed E-state index contributed by atoms with van der Waals surface area (Å²) in [6.45, 7) is -0.576. The SMILES string of the molecule is O=C1CN(C(=O)c2ccc(F)c(F)c2)CC(=O)N1. The maximum absolute atomic E-state index is 13.0. The van der Waals surface area contributed by atoms with Crippen molar-refractivity contribution in [1.29, 1.82) is 0 Å². The van der Waals surface area contributed by atoms with Gasteiger partial charge >= 0.3 is 0 Å². The Balaban J connectivity index is 2.22. The highest BCUT2D eigenvalue weighted by Gasteiger charge is 2.27. The van der Waals surface area contributed by atoms with E-state index in [0.29, 0.717) is 0 Å². The van der Waals surface area contributed by atoms with Gasteiger partial charge in [-0.05, 0) is 18.2 Å². The Bertz CT molecular complexity index is 529. The van der Waals surface area contributed by atoms with Crippen molar-refractivity contribution >= 4 is 17.7 Å². The van der Waals surface area contributed by atoms with Crippen LogP contribution in [0, 0.1) is 11.6 Å². The van der Waals surface area contributed by atoms with Crippen LogP contribution in [0.4, 0.5) is 8.78 Å². The molecule has 1 fully saturated rings. The molecule has 1 aromatic rings. The molecule has 1 saturated heterocycles. The van der Waals surface area contributed by atoms with Gasteiger partial charge in [-0.3, -0.25) is 19.7 Å². The predicted octanol–water partition coefficient (Wildman–Crippen LogP) is 0.0634. The lowest BCUT2D eigenvalue weighted by Crippen LogP contribution is -2.53. The van der Waals surface area contributed by atoms with Gasteiger partial charge in [-0.15, -0.1) is 0 Å². The average molecular weight is 254 g/mol. The van der Waals surface area contributed by atoms with Gasteiger partial charge in [0.25, 0.3) is 5.91 Å². The van der Waals surface area contributed by atoms with Crippen LogP contribution in [0.25, 0.3) is 0 Å². The molecule has 5 nitrogen and oxygen atoms in total. The van der Waals surface area contributed by atoms with Crippen LogP contribution >= 0.6 is 0 Å². The second-order valence-corrected chi connectivity index (χ2v) is 3.76. The summed E-state index contributed by atoms with van der Waals surface area (Å²) in [5.41, 5.74) is -0.114. The van der Waals surface area contributed by atoms with Crippen molar-refractivity contribution in [3.8, 4) is 0 Å². The Hall–Kier alpha value is -2.31. The lowest BCUT2D eigenvalue weighted by molar-refractivity contribution is -0.135. The Morgan fingerprint density at radius 2 is 1.72 bits per heavy atom. The molecule has 0 radical (unpaired) electrons. The van der Waals surface area contributed by atoms with E-state index in [2.05, 4.69) is 0 Å². The van der Waals surface area contributed by atoms with Crippen LogP contribution in [-0.2, 0) is 9.59 Å². The maximum Gasteiger partial charge on any atom is 0.254 e. The number of benzene rings is 1. The topological polar surface area (TPSA) is 66.5 Å². The molecule has 0 aromatic heterocycles. The van der Waals surface area contributed by atoms with Crippen LogP contribution in [0.2, 0.25) is 0 Å². The van der Waals surface area contributed by atoms with E-state index in [4.69, 9.17) is 0 Å². The second-order valence-electron chi connectivity index (χ2n) is 3.76. The molecule has 2 rings (SSSR count). The fourth-order valence-corrected chi connectivity index (χ4v) is 1.59. The summed E-state index contributed by atoms with van der Waals surface area (Å²) < 4.78 is 25.7. The molecule has 1 N–H and O–H groups in total. The molecule has 0 atom stereocenters. The predicted molar refractivity (Wildman–Crippen MR) is 55.4 cm³/mol. The first kappa shape index (κ1) is 12.2. The summed E-state index contributed by atoms with van der Waals surface area (Å²) in [5, 5.41) is 2.03. The molecule has 1 aromatic carbocycles. The number of hydrogen-bond donors (Lipinski definition) is 1. The summed E-state index contributed by atoms with van der Waals surface area (Å²) in [5.74, 6) is -4.14. The van der Waals surface area contributed by atoms with Gasteiger partial charge in [-0.2, -0.15) is 0 Å². The van der Waals surface area contributed by atoms with Gasteiger partial charge < -0.3 is 4.90 Å². The van der Waals surface area contributed by atoms with Gasteiger partial charge in [0.2, 0.25) is 11.8 Å². The maximum atomic E-state index is 13.0. The van der Waals surface area contributed by atoms with E-state index in [-0.39, 0.29) is 18.7 Å². The summed E-state index contributed by atoms with van der Waals surface area (Å²) >= 11 is 0. The zero-order valence-electron chi connectivity index (χ0n) is 9.07. The van der Waals surface area contributed by atoms with E-state index < -0.39 is 29.4 Å². The zero-order valence-corrected chi connectivity index (χ0v) is 9.07. The van der Waals surface area contributed by atoms with Crippen LogP contribution in [0.3, 0.4) is 0 Å². The Kier molecular flexibility index (Phi) is 3.05. The van der Waals surface area contributed by atoms with Crippen LogP contribution < -0.4 is 5.32 Å². The van der Waals surface area contributed by atoms with Gasteiger partial charge in [0.05, 0.1) is 0 Å². The molecule has 0 spiro atoms. The monoisotopic (exact) mass is 254 g/mol. The molecule has 1 aliphatic heterocycles. The molecule has 3 amide bonds. The number of halogens is 2. The standard InChI is InChI=1S/C11H8F2N2O3/c12-7-2-1-6(3-8(7)13)11(18)15-4-9(16)14-10(17)5-15/h1-3H,4-5H2,(H,14,16,17). The van der Waals surface area contributed by atoms with Gasteiger partial charge in [0.15, 0.2) is 11.6 Å². The number of carbonyl (C=O) groups is 3. The van der Waals surface area contributed by atoms with Crippen LogP contribution in [-0.4, -0.2) is 35.7 Å². The zero-order chi connectivity index (χ0) is 13.3. The Morgan fingerprint density at radius 1 is 1.11 bits per heavy atom. The molecule has 7 heteroatoms. The van der Waals surface area contributed by atoms with Crippen molar-refractivity contribution in [2.45, 2.75) is 0 Å². The van der Waals surface area contributed by atoms with E-state index >= 15 is 0 Å². The first-order valence-electron chi connectivity index (χ1n) is 5.04. The molecule has 1 heterocycles. The first-order chi connectivity index (χ1) is 8.47. The van der Waals surface area contributed by atoms with Crippen molar-refractivity contribution in [2.24, 2.45) is 0 Å². The molecule has 94 valence electrons. The number of amides is 3. The molecule has 0 bridgehead atoms. The van der Waals surface area contributed by atoms with E-state index in [9.17, 15) is 23.2 Å². The molecule has 1 aliphatic rings. The number of nitrogens with one attached hydrogen (secondary N) is 1. The molecule has 0 saturated carbocycles. The Labute approximate surface area is 100 Å². The van der Waals surface area contributed by atoms with E-state index in [0.717, 1.165) is 23.1 Å². The normalized spacial score (nSPS) is 15.6. The third kappa shape index (κ3) is 2.34. The number of carbonyl (C=O) groups excluding carboxylic acids is 3. The highest BCUT2D eigenvalue weighted by atomic mass is 19.2. The van der Waals surface area contributed by atoms with Gasteiger partial charge in [-0.25, -0.2) is 8.78 Å². The fraction of sp³-hybridized carbons (Fsp3) is 0.182. The molecular formula is C11H8F2N2O3. The minimum absolute atomic E-state index is 0.114. The van der Waals surface area contributed by atoms with Crippen molar-refractivity contribution in [2.75, 3.05) is 13.1 Å². The fourth-order valence-electron chi connectivity index (χ4n) is 1.59. The van der Waals surface area contributed by atoms with Gasteiger partial charge in [0, 0.05) is 5.56 Å². The number of piperazine rings is 1. The largest absolute Gasteiger partial charge is 0.320 e. The second kappa shape index (κ2) is 4.52. The average Bonchev–Trinajstić information content (AvgIpc) is 2.30. The van der Waals surface area contributed by atoms with Crippen molar-refractivity contribution in [3.63, 3.8) is 0 Å². The van der Waals surface area contributed by atoms with Crippen molar-refractivity contribution in [1.82, 2.24) is 10.2 Å².